The Labute approximate surface area is 122 Å². The van der Waals surface area contributed by atoms with E-state index in [1.54, 1.807) is 0 Å². The van der Waals surface area contributed by atoms with Crippen LogP contribution in [0, 0.1) is 5.92 Å². The van der Waals surface area contributed by atoms with E-state index in [0.717, 1.165) is 57.3 Å². The standard InChI is InChI=1S/C14H26N2O3S/c1-3-11-10-16(8-7-14(11)15-17)12-5-4-6-13(9-12)20(2,18)19/h11-13,17H,3-10H2,1-2H3. The Morgan fingerprint density at radius 2 is 2.15 bits per heavy atom. The number of piperidine rings is 1. The van der Waals surface area contributed by atoms with E-state index in [-0.39, 0.29) is 5.25 Å². The monoisotopic (exact) mass is 302 g/mol. The maximum Gasteiger partial charge on any atom is 0.150 e. The molecule has 5 nitrogen and oxygen atoms in total. The zero-order valence-corrected chi connectivity index (χ0v) is 13.3. The van der Waals surface area contributed by atoms with E-state index >= 15 is 0 Å². The van der Waals surface area contributed by atoms with E-state index in [0.29, 0.717) is 12.0 Å². The van der Waals surface area contributed by atoms with Crippen molar-refractivity contribution in [3.8, 4) is 0 Å². The summed E-state index contributed by atoms with van der Waals surface area (Å²) in [6, 6.07) is 0.373. The molecule has 2 rings (SSSR count). The lowest BCUT2D eigenvalue weighted by molar-refractivity contribution is 0.134. The normalized spacial score (nSPS) is 35.3. The molecule has 0 bridgehead atoms. The van der Waals surface area contributed by atoms with Gasteiger partial charge in [-0.1, -0.05) is 18.5 Å². The third kappa shape index (κ3) is 3.52. The summed E-state index contributed by atoms with van der Waals surface area (Å²) in [7, 11) is -2.92. The number of likely N-dealkylation sites (tertiary alicyclic amines) is 1. The summed E-state index contributed by atoms with van der Waals surface area (Å²) < 4.78 is 23.5. The highest BCUT2D eigenvalue weighted by Crippen LogP contribution is 2.30. The molecule has 1 N–H and O–H groups in total. The fourth-order valence-electron chi connectivity index (χ4n) is 3.61. The molecule has 1 heterocycles. The number of hydrogen-bond donors (Lipinski definition) is 1. The maximum atomic E-state index is 11.8. The van der Waals surface area contributed by atoms with E-state index in [2.05, 4.69) is 17.0 Å². The Bertz CT molecular complexity index is 461. The van der Waals surface area contributed by atoms with Gasteiger partial charge in [-0.25, -0.2) is 8.42 Å². The molecular formula is C14H26N2O3S. The Kier molecular flexibility index (Phi) is 5.07. The van der Waals surface area contributed by atoms with Crippen LogP contribution in [0.1, 0.15) is 45.4 Å². The molecule has 1 saturated heterocycles. The number of rotatable bonds is 3. The molecule has 0 aromatic rings. The molecule has 1 aliphatic heterocycles. The second-order valence-corrected chi connectivity index (χ2v) is 8.54. The highest BCUT2D eigenvalue weighted by atomic mass is 32.2. The van der Waals surface area contributed by atoms with Gasteiger partial charge < -0.3 is 5.21 Å². The molecule has 0 aromatic carbocycles. The van der Waals surface area contributed by atoms with Gasteiger partial charge in [0.05, 0.1) is 11.0 Å². The molecule has 3 unspecified atom stereocenters. The number of hydrogen-bond acceptors (Lipinski definition) is 5. The van der Waals surface area contributed by atoms with Crippen LogP contribution in [-0.4, -0.2) is 54.9 Å². The van der Waals surface area contributed by atoms with E-state index in [9.17, 15) is 8.42 Å². The van der Waals surface area contributed by atoms with Crippen LogP contribution in [0.15, 0.2) is 5.16 Å². The number of sulfone groups is 1. The molecule has 0 spiro atoms. The molecule has 2 fully saturated rings. The van der Waals surface area contributed by atoms with E-state index in [4.69, 9.17) is 5.21 Å². The Hall–Kier alpha value is -0.620. The third-order valence-corrected chi connectivity index (χ3v) is 6.56. The summed E-state index contributed by atoms with van der Waals surface area (Å²) in [5.74, 6) is 0.312. The van der Waals surface area contributed by atoms with Gasteiger partial charge in [0.15, 0.2) is 0 Å². The molecule has 1 saturated carbocycles. The summed E-state index contributed by atoms with van der Waals surface area (Å²) >= 11 is 0. The van der Waals surface area contributed by atoms with Gasteiger partial charge in [-0.15, -0.1) is 0 Å². The second-order valence-electron chi connectivity index (χ2n) is 6.21. The lowest BCUT2D eigenvalue weighted by Crippen LogP contribution is -2.49. The van der Waals surface area contributed by atoms with Crippen LogP contribution in [0.25, 0.3) is 0 Å². The van der Waals surface area contributed by atoms with Gasteiger partial charge >= 0.3 is 0 Å². The zero-order chi connectivity index (χ0) is 14.8. The second kappa shape index (κ2) is 6.43. The average Bonchev–Trinajstić information content (AvgIpc) is 2.45. The molecule has 0 aromatic heterocycles. The van der Waals surface area contributed by atoms with E-state index < -0.39 is 9.84 Å². The van der Waals surface area contributed by atoms with Gasteiger partial charge in [-0.3, -0.25) is 4.90 Å². The summed E-state index contributed by atoms with van der Waals surface area (Å²) in [6.07, 6.45) is 6.80. The first-order valence-corrected chi connectivity index (χ1v) is 9.54. The van der Waals surface area contributed by atoms with Crippen molar-refractivity contribution in [1.82, 2.24) is 4.90 Å². The smallest absolute Gasteiger partial charge is 0.150 e. The van der Waals surface area contributed by atoms with Crippen LogP contribution in [0.3, 0.4) is 0 Å². The van der Waals surface area contributed by atoms with Crippen molar-refractivity contribution < 1.29 is 13.6 Å². The maximum absolute atomic E-state index is 11.8. The highest BCUT2D eigenvalue weighted by Gasteiger charge is 2.35. The number of oxime groups is 1. The summed E-state index contributed by atoms with van der Waals surface area (Å²) in [4.78, 5) is 2.42. The van der Waals surface area contributed by atoms with Gasteiger partial charge in [0, 0.05) is 37.7 Å². The Morgan fingerprint density at radius 1 is 1.40 bits per heavy atom. The molecule has 3 atom stereocenters. The summed E-state index contributed by atoms with van der Waals surface area (Å²) in [6.45, 7) is 3.90. The third-order valence-electron chi connectivity index (χ3n) is 4.92. The first-order valence-electron chi connectivity index (χ1n) is 7.59. The van der Waals surface area contributed by atoms with Gasteiger partial charge in [0.2, 0.25) is 0 Å². The fraction of sp³-hybridized carbons (Fsp3) is 0.929. The molecule has 0 amide bonds. The van der Waals surface area contributed by atoms with Crippen molar-refractivity contribution in [3.63, 3.8) is 0 Å². The predicted molar refractivity (Wildman–Crippen MR) is 80.1 cm³/mol. The van der Waals surface area contributed by atoms with Gasteiger partial charge in [-0.05, 0) is 25.7 Å². The van der Waals surface area contributed by atoms with E-state index in [1.165, 1.54) is 6.26 Å². The first-order chi connectivity index (χ1) is 9.45. The van der Waals surface area contributed by atoms with Crippen molar-refractivity contribution >= 4 is 15.5 Å². The topological polar surface area (TPSA) is 70.0 Å². The minimum atomic E-state index is -2.92. The molecule has 6 heteroatoms. The van der Waals surface area contributed by atoms with Crippen LogP contribution >= 0.6 is 0 Å². The minimum absolute atomic E-state index is 0.172. The predicted octanol–water partition coefficient (Wildman–Crippen LogP) is 1.90. The van der Waals surface area contributed by atoms with Crippen LogP contribution in [0.5, 0.6) is 0 Å². The molecule has 116 valence electrons. The van der Waals surface area contributed by atoms with Crippen LogP contribution in [0.2, 0.25) is 0 Å². The van der Waals surface area contributed by atoms with Crippen molar-refractivity contribution in [2.45, 2.75) is 56.7 Å². The average molecular weight is 302 g/mol. The van der Waals surface area contributed by atoms with Crippen LogP contribution in [0.4, 0.5) is 0 Å². The van der Waals surface area contributed by atoms with Crippen molar-refractivity contribution in [3.05, 3.63) is 0 Å². The van der Waals surface area contributed by atoms with Gasteiger partial charge in [0.1, 0.15) is 9.84 Å². The van der Waals surface area contributed by atoms with Crippen molar-refractivity contribution in [1.29, 1.82) is 0 Å². The Morgan fingerprint density at radius 3 is 2.75 bits per heavy atom. The Balaban J connectivity index is 2.01. The quantitative estimate of drug-likeness (QED) is 0.638. The summed E-state index contributed by atoms with van der Waals surface area (Å²) in [5, 5.41) is 12.3. The lowest BCUT2D eigenvalue weighted by Gasteiger charge is -2.41. The molecular weight excluding hydrogens is 276 g/mol. The molecule has 2 aliphatic rings. The zero-order valence-electron chi connectivity index (χ0n) is 12.5. The first kappa shape index (κ1) is 15.8. The largest absolute Gasteiger partial charge is 0.411 e. The summed E-state index contributed by atoms with van der Waals surface area (Å²) in [5.41, 5.74) is 0.902. The minimum Gasteiger partial charge on any atom is -0.411 e. The fourth-order valence-corrected chi connectivity index (χ4v) is 4.78. The molecule has 20 heavy (non-hydrogen) atoms. The molecule has 1 aliphatic carbocycles. The van der Waals surface area contributed by atoms with Crippen LogP contribution in [-0.2, 0) is 9.84 Å². The van der Waals surface area contributed by atoms with Gasteiger partial charge in [-0.2, -0.15) is 0 Å². The SMILES string of the molecule is CCC1CN(C2CCCC(S(C)(=O)=O)C2)CCC1=NO. The number of nitrogens with zero attached hydrogens (tertiary/aromatic N) is 2. The van der Waals surface area contributed by atoms with Gasteiger partial charge in [0.25, 0.3) is 0 Å². The van der Waals surface area contributed by atoms with E-state index in [1.807, 2.05) is 0 Å². The highest BCUT2D eigenvalue weighted by molar-refractivity contribution is 7.91. The molecule has 0 radical (unpaired) electrons. The van der Waals surface area contributed by atoms with Crippen LogP contribution < -0.4 is 0 Å². The van der Waals surface area contributed by atoms with Crippen molar-refractivity contribution in [2.75, 3.05) is 19.3 Å². The van der Waals surface area contributed by atoms with Crippen molar-refractivity contribution in [2.24, 2.45) is 11.1 Å². The lowest BCUT2D eigenvalue weighted by atomic mass is 9.88.